The van der Waals surface area contributed by atoms with Crippen LogP contribution in [0.2, 0.25) is 0 Å². The zero-order valence-corrected chi connectivity index (χ0v) is 13.7. The molecule has 23 heavy (non-hydrogen) atoms. The van der Waals surface area contributed by atoms with Gasteiger partial charge in [0.2, 0.25) is 0 Å². The molecule has 0 spiro atoms. The molecule has 7 nitrogen and oxygen atoms in total. The van der Waals surface area contributed by atoms with Crippen LogP contribution in [0.1, 0.15) is 30.1 Å². The van der Waals surface area contributed by atoms with Gasteiger partial charge >= 0.3 is 5.97 Å². The van der Waals surface area contributed by atoms with Gasteiger partial charge in [0.25, 0.3) is 5.91 Å². The Morgan fingerprint density at radius 1 is 1.35 bits per heavy atom. The quantitative estimate of drug-likeness (QED) is 0.807. The van der Waals surface area contributed by atoms with Crippen molar-refractivity contribution >= 4 is 17.7 Å². The van der Waals surface area contributed by atoms with E-state index in [1.54, 1.807) is 18.3 Å². The Kier molecular flexibility index (Phi) is 5.92. The molecule has 1 unspecified atom stereocenters. The van der Waals surface area contributed by atoms with Crippen LogP contribution in [0, 0.1) is 0 Å². The molecule has 1 atom stereocenters. The zero-order valence-electron chi connectivity index (χ0n) is 13.7. The summed E-state index contributed by atoms with van der Waals surface area (Å²) in [5.41, 5.74) is 0.441. The van der Waals surface area contributed by atoms with Gasteiger partial charge in [-0.25, -0.2) is 9.78 Å². The second kappa shape index (κ2) is 7.92. The summed E-state index contributed by atoms with van der Waals surface area (Å²) >= 11 is 0. The van der Waals surface area contributed by atoms with Gasteiger partial charge in [0.15, 0.2) is 0 Å². The van der Waals surface area contributed by atoms with Gasteiger partial charge in [-0.15, -0.1) is 0 Å². The zero-order chi connectivity index (χ0) is 16.8. The molecule has 1 amide bonds. The molecule has 0 radical (unpaired) electrons. The van der Waals surface area contributed by atoms with E-state index in [1.807, 2.05) is 6.92 Å². The fourth-order valence-electron chi connectivity index (χ4n) is 2.56. The van der Waals surface area contributed by atoms with Crippen LogP contribution in [0.15, 0.2) is 18.3 Å². The highest BCUT2D eigenvalue weighted by Crippen LogP contribution is 2.15. The van der Waals surface area contributed by atoms with Gasteiger partial charge < -0.3 is 20.2 Å². The van der Waals surface area contributed by atoms with E-state index in [0.29, 0.717) is 18.4 Å². The van der Waals surface area contributed by atoms with Gasteiger partial charge in [-0.05, 0) is 25.6 Å². The summed E-state index contributed by atoms with van der Waals surface area (Å²) in [5.74, 6) is -0.620. The van der Waals surface area contributed by atoms with Crippen molar-refractivity contribution in [3.05, 3.63) is 23.9 Å². The number of anilines is 1. The molecule has 1 aliphatic rings. The van der Waals surface area contributed by atoms with Gasteiger partial charge in [0, 0.05) is 37.9 Å². The molecule has 0 aromatic carbocycles. The number of carboxylic acids is 1. The van der Waals surface area contributed by atoms with Crippen LogP contribution in [0.5, 0.6) is 0 Å². The number of pyridine rings is 1. The molecule has 2 N–H and O–H groups in total. The Labute approximate surface area is 136 Å². The van der Waals surface area contributed by atoms with Crippen LogP contribution in [-0.2, 0) is 4.79 Å². The number of hydrogen-bond acceptors (Lipinski definition) is 5. The standard InChI is InChI=1S/C16H24N4O3/c1-3-4-13(16(22)23)18-15(21)12-5-6-17-14(11-12)20-9-7-19(2)8-10-20/h5-6,11,13H,3-4,7-10H2,1-2H3,(H,18,21)(H,22,23). The van der Waals surface area contributed by atoms with Gasteiger partial charge in [-0.2, -0.15) is 0 Å². The van der Waals surface area contributed by atoms with Gasteiger partial charge in [-0.1, -0.05) is 13.3 Å². The first kappa shape index (κ1) is 17.2. The summed E-state index contributed by atoms with van der Waals surface area (Å²) in [7, 11) is 2.08. The minimum absolute atomic E-state index is 0.372. The van der Waals surface area contributed by atoms with E-state index in [2.05, 4.69) is 27.1 Å². The minimum atomic E-state index is -1.01. The van der Waals surface area contributed by atoms with E-state index in [1.165, 1.54) is 0 Å². The molecule has 1 aromatic heterocycles. The fraction of sp³-hybridized carbons (Fsp3) is 0.562. The molecule has 1 aliphatic heterocycles. The average molecular weight is 320 g/mol. The second-order valence-electron chi connectivity index (χ2n) is 5.85. The molecular weight excluding hydrogens is 296 g/mol. The van der Waals surface area contributed by atoms with Crippen molar-refractivity contribution in [1.82, 2.24) is 15.2 Å². The minimum Gasteiger partial charge on any atom is -0.480 e. The van der Waals surface area contributed by atoms with Crippen molar-refractivity contribution in [3.63, 3.8) is 0 Å². The molecule has 2 rings (SSSR count). The number of rotatable bonds is 6. The second-order valence-corrected chi connectivity index (χ2v) is 5.85. The van der Waals surface area contributed by atoms with E-state index in [9.17, 15) is 9.59 Å². The summed E-state index contributed by atoms with van der Waals surface area (Å²) < 4.78 is 0. The van der Waals surface area contributed by atoms with Gasteiger partial charge in [0.05, 0.1) is 0 Å². The van der Waals surface area contributed by atoms with Crippen molar-refractivity contribution in [3.8, 4) is 0 Å². The van der Waals surface area contributed by atoms with Crippen LogP contribution >= 0.6 is 0 Å². The summed E-state index contributed by atoms with van der Waals surface area (Å²) in [6.07, 6.45) is 2.70. The third-order valence-electron chi connectivity index (χ3n) is 4.02. The molecule has 0 aliphatic carbocycles. The molecule has 126 valence electrons. The van der Waals surface area contributed by atoms with E-state index in [4.69, 9.17) is 5.11 Å². The Morgan fingerprint density at radius 3 is 2.65 bits per heavy atom. The highest BCUT2D eigenvalue weighted by atomic mass is 16.4. The molecule has 1 saturated heterocycles. The predicted octanol–water partition coefficient (Wildman–Crippen LogP) is 0.817. The number of carboxylic acid groups (broad SMARTS) is 1. The number of carbonyl (C=O) groups excluding carboxylic acids is 1. The molecular formula is C16H24N4O3. The lowest BCUT2D eigenvalue weighted by Crippen LogP contribution is -2.45. The number of aliphatic carboxylic acids is 1. The smallest absolute Gasteiger partial charge is 0.326 e. The monoisotopic (exact) mass is 320 g/mol. The first-order chi connectivity index (χ1) is 11.0. The maximum absolute atomic E-state index is 12.3. The number of hydrogen-bond donors (Lipinski definition) is 2. The lowest BCUT2D eigenvalue weighted by molar-refractivity contribution is -0.139. The Hall–Kier alpha value is -2.15. The van der Waals surface area contributed by atoms with E-state index in [-0.39, 0.29) is 5.91 Å². The van der Waals surface area contributed by atoms with Crippen molar-refractivity contribution in [1.29, 1.82) is 0 Å². The van der Waals surface area contributed by atoms with Crippen LogP contribution in [0.3, 0.4) is 0 Å². The fourth-order valence-corrected chi connectivity index (χ4v) is 2.56. The van der Waals surface area contributed by atoms with Crippen LogP contribution in [0.4, 0.5) is 5.82 Å². The lowest BCUT2D eigenvalue weighted by Gasteiger charge is -2.33. The van der Waals surface area contributed by atoms with E-state index < -0.39 is 12.0 Å². The maximum Gasteiger partial charge on any atom is 0.326 e. The highest BCUT2D eigenvalue weighted by Gasteiger charge is 2.21. The molecule has 1 aromatic rings. The molecule has 2 heterocycles. The summed E-state index contributed by atoms with van der Waals surface area (Å²) in [6.45, 7) is 5.52. The van der Waals surface area contributed by atoms with Gasteiger partial charge in [0.1, 0.15) is 11.9 Å². The van der Waals surface area contributed by atoms with Crippen LogP contribution < -0.4 is 10.2 Å². The summed E-state index contributed by atoms with van der Waals surface area (Å²) in [6, 6.07) is 2.48. The Balaban J connectivity index is 2.06. The summed E-state index contributed by atoms with van der Waals surface area (Å²) in [4.78, 5) is 32.2. The topological polar surface area (TPSA) is 85.8 Å². The van der Waals surface area contributed by atoms with Gasteiger partial charge in [-0.3, -0.25) is 4.79 Å². The highest BCUT2D eigenvalue weighted by molar-refractivity contribution is 5.97. The Morgan fingerprint density at radius 2 is 2.04 bits per heavy atom. The SMILES string of the molecule is CCCC(NC(=O)c1ccnc(N2CCN(C)CC2)c1)C(=O)O. The number of nitrogens with zero attached hydrogens (tertiary/aromatic N) is 3. The third-order valence-corrected chi connectivity index (χ3v) is 4.02. The third kappa shape index (κ3) is 4.66. The molecule has 0 saturated carbocycles. The number of carbonyl (C=O) groups is 2. The molecule has 1 fully saturated rings. The predicted molar refractivity (Wildman–Crippen MR) is 87.7 cm³/mol. The number of aromatic nitrogens is 1. The van der Waals surface area contributed by atoms with Crippen molar-refractivity contribution < 1.29 is 14.7 Å². The number of amides is 1. The maximum atomic E-state index is 12.3. The normalized spacial score (nSPS) is 16.9. The van der Waals surface area contributed by atoms with Crippen molar-refractivity contribution in [2.45, 2.75) is 25.8 Å². The number of piperazine rings is 1. The van der Waals surface area contributed by atoms with Crippen molar-refractivity contribution in [2.24, 2.45) is 0 Å². The van der Waals surface area contributed by atoms with E-state index in [0.717, 1.165) is 32.0 Å². The lowest BCUT2D eigenvalue weighted by atomic mass is 10.1. The van der Waals surface area contributed by atoms with Crippen LogP contribution in [-0.4, -0.2) is 66.1 Å². The Bertz CT molecular complexity index is 556. The first-order valence-corrected chi connectivity index (χ1v) is 7.94. The van der Waals surface area contributed by atoms with Crippen molar-refractivity contribution in [2.75, 3.05) is 38.1 Å². The number of nitrogens with one attached hydrogen (secondary N) is 1. The molecule has 7 heteroatoms. The first-order valence-electron chi connectivity index (χ1n) is 7.94. The largest absolute Gasteiger partial charge is 0.480 e. The van der Waals surface area contributed by atoms with E-state index >= 15 is 0 Å². The number of likely N-dealkylation sites (N-methyl/N-ethyl adjacent to an activating group) is 1. The molecule has 0 bridgehead atoms. The average Bonchev–Trinajstić information content (AvgIpc) is 2.55. The van der Waals surface area contributed by atoms with Crippen LogP contribution in [0.25, 0.3) is 0 Å². The summed E-state index contributed by atoms with van der Waals surface area (Å²) in [5, 5.41) is 11.7.